The normalized spacial score (nSPS) is 11.2. The number of hydrogen-bond acceptors (Lipinski definition) is 5. The third-order valence-corrected chi connectivity index (χ3v) is 4.66. The average molecular weight is 377 g/mol. The van der Waals surface area contributed by atoms with Crippen LogP contribution in [0.4, 0.5) is 0 Å². The van der Waals surface area contributed by atoms with Crippen LogP contribution in [0, 0.1) is 16.7 Å². The Morgan fingerprint density at radius 2 is 1.82 bits per heavy atom. The number of fused-ring (bicyclic) bond motifs is 1. The fourth-order valence-electron chi connectivity index (χ4n) is 2.93. The molecule has 3 aromatic rings. The second kappa shape index (κ2) is 8.18. The molecule has 0 aliphatic carbocycles. The van der Waals surface area contributed by atoms with E-state index in [1.165, 1.54) is 6.26 Å². The van der Waals surface area contributed by atoms with Gasteiger partial charge in [0.1, 0.15) is 23.3 Å². The Hall–Kier alpha value is -3.26. The molecule has 0 N–H and O–H groups in total. The third-order valence-electron chi connectivity index (χ3n) is 4.66. The molecule has 0 atom stereocenters. The zero-order chi connectivity index (χ0) is 20.1. The monoisotopic (exact) mass is 377 g/mol. The highest BCUT2D eigenvalue weighted by Crippen LogP contribution is 2.25. The second-order valence-corrected chi connectivity index (χ2v) is 7.31. The Morgan fingerprint density at radius 3 is 2.50 bits per heavy atom. The number of benzene rings is 2. The number of nitriles is 1. The van der Waals surface area contributed by atoms with Crippen molar-refractivity contribution in [1.82, 2.24) is 0 Å². The van der Waals surface area contributed by atoms with E-state index in [1.54, 1.807) is 25.3 Å². The molecule has 0 saturated carbocycles. The maximum Gasteiger partial charge on any atom is 0.200 e. The van der Waals surface area contributed by atoms with Crippen molar-refractivity contribution < 1.29 is 13.9 Å². The molecule has 0 aliphatic rings. The maximum absolute atomic E-state index is 12.8. The minimum Gasteiger partial charge on any atom is -0.497 e. The van der Waals surface area contributed by atoms with Gasteiger partial charge >= 0.3 is 0 Å². The number of rotatable bonds is 7. The van der Waals surface area contributed by atoms with Gasteiger partial charge in [0.15, 0.2) is 5.43 Å². The van der Waals surface area contributed by atoms with Crippen LogP contribution in [-0.2, 0) is 0 Å². The predicted molar refractivity (Wildman–Crippen MR) is 109 cm³/mol. The minimum absolute atomic E-state index is 0.0891. The summed E-state index contributed by atoms with van der Waals surface area (Å²) >= 11 is 0. The van der Waals surface area contributed by atoms with Crippen molar-refractivity contribution in [3.05, 3.63) is 59.0 Å². The van der Waals surface area contributed by atoms with Crippen LogP contribution in [-0.4, -0.2) is 13.7 Å². The molecule has 0 fully saturated rings. The molecule has 0 saturated heterocycles. The van der Waals surface area contributed by atoms with Gasteiger partial charge in [0, 0.05) is 6.07 Å². The zero-order valence-corrected chi connectivity index (χ0v) is 16.3. The van der Waals surface area contributed by atoms with Crippen molar-refractivity contribution in [1.29, 1.82) is 5.26 Å². The lowest BCUT2D eigenvalue weighted by Crippen LogP contribution is -2.10. The van der Waals surface area contributed by atoms with E-state index < -0.39 is 0 Å². The van der Waals surface area contributed by atoms with Gasteiger partial charge in [-0.25, -0.2) is 0 Å². The molecule has 0 spiro atoms. The first-order valence-corrected chi connectivity index (χ1v) is 9.17. The Bertz CT molecular complexity index is 1060. The van der Waals surface area contributed by atoms with E-state index in [0.717, 1.165) is 24.2 Å². The molecule has 1 heterocycles. The molecule has 0 aliphatic heterocycles. The Kier molecular flexibility index (Phi) is 5.70. The van der Waals surface area contributed by atoms with Gasteiger partial charge in [-0.05, 0) is 56.5 Å². The number of nitrogens with zero attached hydrogens (tertiary/aromatic N) is 1. The number of hydrogen-bond donors (Lipinski definition) is 0. The summed E-state index contributed by atoms with van der Waals surface area (Å²) in [5.74, 6) is 1.37. The summed E-state index contributed by atoms with van der Waals surface area (Å²) in [6, 6.07) is 14.8. The molecule has 0 unspecified atom stereocenters. The van der Waals surface area contributed by atoms with Gasteiger partial charge in [-0.1, -0.05) is 12.1 Å². The van der Waals surface area contributed by atoms with Crippen LogP contribution >= 0.6 is 0 Å². The lowest BCUT2D eigenvalue weighted by molar-refractivity contribution is 0.284. The number of ether oxygens (including phenoxy) is 2. The van der Waals surface area contributed by atoms with E-state index in [4.69, 9.17) is 19.2 Å². The second-order valence-electron chi connectivity index (χ2n) is 7.31. The standard InChI is InChI=1S/C23H23NO4/c1-23(2,15-24)11-4-12-27-18-9-10-19-21(13-18)28-14-20(22(19)25)16-5-7-17(26-3)8-6-16/h5-10,13-14H,4,11-12H2,1-3H3. The van der Waals surface area contributed by atoms with E-state index in [1.807, 2.05) is 38.1 Å². The summed E-state index contributed by atoms with van der Waals surface area (Å²) in [7, 11) is 1.60. The summed E-state index contributed by atoms with van der Waals surface area (Å²) in [6.07, 6.45) is 3.02. The molecular formula is C23H23NO4. The summed E-state index contributed by atoms with van der Waals surface area (Å²) in [6.45, 7) is 4.33. The summed E-state index contributed by atoms with van der Waals surface area (Å²) in [5.41, 5.74) is 1.32. The molecule has 28 heavy (non-hydrogen) atoms. The van der Waals surface area contributed by atoms with Crippen molar-refractivity contribution in [2.24, 2.45) is 5.41 Å². The molecule has 3 rings (SSSR count). The lowest BCUT2D eigenvalue weighted by Gasteiger charge is -2.14. The van der Waals surface area contributed by atoms with Crippen molar-refractivity contribution in [2.45, 2.75) is 26.7 Å². The van der Waals surface area contributed by atoms with Crippen molar-refractivity contribution >= 4 is 11.0 Å². The minimum atomic E-state index is -0.350. The van der Waals surface area contributed by atoms with E-state index in [-0.39, 0.29) is 10.8 Å². The van der Waals surface area contributed by atoms with E-state index >= 15 is 0 Å². The largest absolute Gasteiger partial charge is 0.497 e. The Labute approximate surface area is 164 Å². The molecule has 0 amide bonds. The smallest absolute Gasteiger partial charge is 0.200 e. The van der Waals surface area contributed by atoms with Crippen molar-refractivity contribution in [2.75, 3.05) is 13.7 Å². The van der Waals surface area contributed by atoms with Crippen LogP contribution in [0.15, 0.2) is 57.9 Å². The molecule has 144 valence electrons. The van der Waals surface area contributed by atoms with Crippen molar-refractivity contribution in [3.8, 4) is 28.7 Å². The highest BCUT2D eigenvalue weighted by atomic mass is 16.5. The molecule has 5 heteroatoms. The molecule has 5 nitrogen and oxygen atoms in total. The van der Waals surface area contributed by atoms with Gasteiger partial charge in [-0.15, -0.1) is 0 Å². The summed E-state index contributed by atoms with van der Waals surface area (Å²) < 4.78 is 16.6. The molecule has 1 aromatic heterocycles. The van der Waals surface area contributed by atoms with Crippen LogP contribution < -0.4 is 14.9 Å². The molecule has 0 bridgehead atoms. The fourth-order valence-corrected chi connectivity index (χ4v) is 2.93. The third kappa shape index (κ3) is 4.34. The lowest BCUT2D eigenvalue weighted by atomic mass is 9.90. The van der Waals surface area contributed by atoms with E-state index in [0.29, 0.717) is 28.9 Å². The van der Waals surface area contributed by atoms with E-state index in [9.17, 15) is 4.79 Å². The topological polar surface area (TPSA) is 72.5 Å². The summed E-state index contributed by atoms with van der Waals surface area (Å²) in [4.78, 5) is 12.8. The zero-order valence-electron chi connectivity index (χ0n) is 16.3. The highest BCUT2D eigenvalue weighted by Gasteiger charge is 2.16. The van der Waals surface area contributed by atoms with Gasteiger partial charge in [-0.2, -0.15) is 5.26 Å². The van der Waals surface area contributed by atoms with Gasteiger partial charge in [-0.3, -0.25) is 4.79 Å². The van der Waals surface area contributed by atoms with Crippen LogP contribution in [0.25, 0.3) is 22.1 Å². The maximum atomic E-state index is 12.8. The first-order valence-electron chi connectivity index (χ1n) is 9.17. The summed E-state index contributed by atoms with van der Waals surface area (Å²) in [5, 5.41) is 9.55. The SMILES string of the molecule is COc1ccc(-c2coc3cc(OCCCC(C)(C)C#N)ccc3c2=O)cc1. The quantitative estimate of drug-likeness (QED) is 0.531. The van der Waals surface area contributed by atoms with Crippen LogP contribution in [0.5, 0.6) is 11.5 Å². The van der Waals surface area contributed by atoms with Gasteiger partial charge in [0.05, 0.1) is 36.2 Å². The number of methoxy groups -OCH3 is 1. The Morgan fingerprint density at radius 1 is 1.11 bits per heavy atom. The molecule has 2 aromatic carbocycles. The molecule has 0 radical (unpaired) electrons. The first kappa shape index (κ1) is 19.5. The van der Waals surface area contributed by atoms with Crippen LogP contribution in [0.2, 0.25) is 0 Å². The highest BCUT2D eigenvalue weighted by molar-refractivity contribution is 5.82. The van der Waals surface area contributed by atoms with Gasteiger partial charge < -0.3 is 13.9 Å². The van der Waals surface area contributed by atoms with Gasteiger partial charge in [0.25, 0.3) is 0 Å². The fraction of sp³-hybridized carbons (Fsp3) is 0.304. The van der Waals surface area contributed by atoms with Crippen LogP contribution in [0.1, 0.15) is 26.7 Å². The molecular weight excluding hydrogens is 354 g/mol. The van der Waals surface area contributed by atoms with Crippen LogP contribution in [0.3, 0.4) is 0 Å². The predicted octanol–water partition coefficient (Wildman–Crippen LogP) is 5.18. The average Bonchev–Trinajstić information content (AvgIpc) is 2.71. The van der Waals surface area contributed by atoms with Crippen molar-refractivity contribution in [3.63, 3.8) is 0 Å². The Balaban J connectivity index is 1.77. The van der Waals surface area contributed by atoms with E-state index in [2.05, 4.69) is 6.07 Å². The van der Waals surface area contributed by atoms with Gasteiger partial charge in [0.2, 0.25) is 0 Å². The first-order chi connectivity index (χ1) is 13.4.